The summed E-state index contributed by atoms with van der Waals surface area (Å²) < 4.78 is 15.7. The number of nitrogens with two attached hydrogens (primary N) is 2. The van der Waals surface area contributed by atoms with Gasteiger partial charge in [0.25, 0.3) is 0 Å². The molecule has 0 bridgehead atoms. The maximum atomic E-state index is 13.7. The number of guanidine groups is 1. The zero-order valence-corrected chi connectivity index (χ0v) is 14.6. The van der Waals surface area contributed by atoms with Gasteiger partial charge in [0.15, 0.2) is 4.34 Å². The molecule has 0 amide bonds. The Morgan fingerprint density at radius 1 is 1.24 bits per heavy atom. The molecule has 4 rings (SSSR count). The van der Waals surface area contributed by atoms with Crippen LogP contribution in [0.25, 0.3) is 10.2 Å². The lowest BCUT2D eigenvalue weighted by Gasteiger charge is -2.07. The van der Waals surface area contributed by atoms with Crippen molar-refractivity contribution < 1.29 is 4.39 Å². The van der Waals surface area contributed by atoms with E-state index in [9.17, 15) is 4.39 Å². The maximum absolute atomic E-state index is 13.7. The van der Waals surface area contributed by atoms with Crippen LogP contribution in [0.15, 0.2) is 57.0 Å². The lowest BCUT2D eigenvalue weighted by molar-refractivity contribution is 0.627. The summed E-state index contributed by atoms with van der Waals surface area (Å²) in [5.41, 5.74) is 14.2. The zero-order valence-electron chi connectivity index (χ0n) is 13.0. The van der Waals surface area contributed by atoms with Crippen molar-refractivity contribution in [1.82, 2.24) is 4.98 Å². The number of thioether (sulfide) groups is 1. The van der Waals surface area contributed by atoms with Crippen molar-refractivity contribution in [3.8, 4) is 0 Å². The number of benzene rings is 2. The molecule has 1 atom stereocenters. The van der Waals surface area contributed by atoms with E-state index < -0.39 is 0 Å². The molecule has 1 heterocycles. The van der Waals surface area contributed by atoms with Gasteiger partial charge in [0.1, 0.15) is 5.82 Å². The van der Waals surface area contributed by atoms with Gasteiger partial charge < -0.3 is 11.5 Å². The minimum absolute atomic E-state index is 0.0135. The number of hydrogen-bond donors (Lipinski definition) is 2. The van der Waals surface area contributed by atoms with Gasteiger partial charge in [-0.15, -0.1) is 16.4 Å². The minimum Gasteiger partial charge on any atom is -0.369 e. The summed E-state index contributed by atoms with van der Waals surface area (Å²) in [6.45, 7) is 0. The van der Waals surface area contributed by atoms with E-state index in [2.05, 4.69) is 15.2 Å². The molecular weight excluding hydrogens is 357 g/mol. The minimum atomic E-state index is -0.304. The Hall–Kier alpha value is -2.45. The summed E-state index contributed by atoms with van der Waals surface area (Å²) in [6.07, 6.45) is 0.731. The average Bonchev–Trinajstić information content (AvgIpc) is 3.13. The Balaban J connectivity index is 1.70. The van der Waals surface area contributed by atoms with E-state index in [1.807, 2.05) is 24.3 Å². The van der Waals surface area contributed by atoms with Gasteiger partial charge in [-0.3, -0.25) is 0 Å². The van der Waals surface area contributed by atoms with Gasteiger partial charge in [-0.2, -0.15) is 5.10 Å². The third kappa shape index (κ3) is 3.22. The molecule has 0 fully saturated rings. The fourth-order valence-electron chi connectivity index (χ4n) is 2.79. The summed E-state index contributed by atoms with van der Waals surface area (Å²) in [7, 11) is 0. The molecular formula is C17H14FN5S2. The molecule has 0 radical (unpaired) electrons. The zero-order chi connectivity index (χ0) is 17.4. The van der Waals surface area contributed by atoms with E-state index in [-0.39, 0.29) is 17.0 Å². The summed E-state index contributed by atoms with van der Waals surface area (Å²) in [5, 5.41) is 7.94. The molecule has 8 heteroatoms. The predicted molar refractivity (Wildman–Crippen MR) is 102 cm³/mol. The highest BCUT2D eigenvalue weighted by atomic mass is 32.2. The number of hydrogen-bond acceptors (Lipinski definition) is 5. The number of thiazole rings is 1. The summed E-state index contributed by atoms with van der Waals surface area (Å²) >= 11 is 3.23. The van der Waals surface area contributed by atoms with Crippen LogP contribution in [0.1, 0.15) is 11.1 Å². The first kappa shape index (κ1) is 16.0. The molecule has 25 heavy (non-hydrogen) atoms. The topological polar surface area (TPSA) is 89.7 Å². The van der Waals surface area contributed by atoms with Crippen LogP contribution in [-0.2, 0) is 6.42 Å². The Kier molecular flexibility index (Phi) is 4.14. The van der Waals surface area contributed by atoms with Gasteiger partial charge >= 0.3 is 0 Å². The number of rotatable bonds is 3. The van der Waals surface area contributed by atoms with Crippen molar-refractivity contribution in [3.63, 3.8) is 0 Å². The van der Waals surface area contributed by atoms with Crippen molar-refractivity contribution >= 4 is 45.0 Å². The van der Waals surface area contributed by atoms with Crippen LogP contribution >= 0.6 is 23.1 Å². The Labute approximate surface area is 151 Å². The molecule has 3 aromatic rings. The van der Waals surface area contributed by atoms with E-state index >= 15 is 0 Å². The van der Waals surface area contributed by atoms with Crippen molar-refractivity contribution in [3.05, 3.63) is 59.4 Å². The number of halogens is 1. The summed E-state index contributed by atoms with van der Waals surface area (Å²) in [5.74, 6) is -0.428. The number of para-hydroxylation sites is 1. The van der Waals surface area contributed by atoms with Crippen LogP contribution in [0.5, 0.6) is 0 Å². The maximum Gasteiger partial charge on any atom is 0.211 e. The fraction of sp³-hybridized carbons (Fsp3) is 0.118. The van der Waals surface area contributed by atoms with Gasteiger partial charge in [0, 0.05) is 5.56 Å². The van der Waals surface area contributed by atoms with Crippen LogP contribution in [0.2, 0.25) is 0 Å². The van der Waals surface area contributed by atoms with E-state index in [0.29, 0.717) is 5.71 Å². The van der Waals surface area contributed by atoms with Gasteiger partial charge in [-0.25, -0.2) is 9.37 Å². The Morgan fingerprint density at radius 3 is 2.88 bits per heavy atom. The van der Waals surface area contributed by atoms with Crippen LogP contribution in [0, 0.1) is 5.82 Å². The molecule has 1 unspecified atom stereocenters. The second kappa shape index (κ2) is 6.45. The van der Waals surface area contributed by atoms with E-state index in [0.717, 1.165) is 32.1 Å². The first-order valence-electron chi connectivity index (χ1n) is 7.57. The van der Waals surface area contributed by atoms with Gasteiger partial charge in [0.05, 0.1) is 21.2 Å². The van der Waals surface area contributed by atoms with Gasteiger partial charge in [-0.05, 0) is 36.2 Å². The summed E-state index contributed by atoms with van der Waals surface area (Å²) in [4.78, 5) is 4.65. The molecule has 5 nitrogen and oxygen atoms in total. The first-order valence-corrected chi connectivity index (χ1v) is 9.27. The SMILES string of the molecule is NC(N)=N/N=C1\c2cc(F)ccc2CC1Sc1nc2ccccc2s1. The quantitative estimate of drug-likeness (QED) is 0.420. The Morgan fingerprint density at radius 2 is 2.08 bits per heavy atom. The summed E-state index contributed by atoms with van der Waals surface area (Å²) in [6, 6.07) is 12.7. The van der Waals surface area contributed by atoms with E-state index in [1.54, 1.807) is 29.2 Å². The predicted octanol–water partition coefficient (Wildman–Crippen LogP) is 3.13. The second-order valence-electron chi connectivity index (χ2n) is 5.57. The smallest absolute Gasteiger partial charge is 0.211 e. The normalized spacial score (nSPS) is 17.8. The van der Waals surface area contributed by atoms with Crippen LogP contribution in [0.4, 0.5) is 4.39 Å². The largest absolute Gasteiger partial charge is 0.369 e. The van der Waals surface area contributed by atoms with Crippen LogP contribution in [0.3, 0.4) is 0 Å². The molecule has 126 valence electrons. The molecule has 1 aliphatic carbocycles. The molecule has 2 aromatic carbocycles. The van der Waals surface area contributed by atoms with Crippen LogP contribution in [-0.4, -0.2) is 21.9 Å². The highest BCUT2D eigenvalue weighted by molar-refractivity contribution is 8.02. The first-order chi connectivity index (χ1) is 12.1. The second-order valence-corrected chi connectivity index (χ2v) is 8.05. The molecule has 0 spiro atoms. The fourth-order valence-corrected chi connectivity index (χ4v) is 5.24. The number of fused-ring (bicyclic) bond motifs is 2. The van der Waals surface area contributed by atoms with Crippen molar-refractivity contribution in [2.45, 2.75) is 16.0 Å². The third-order valence-corrected chi connectivity index (χ3v) is 6.19. The van der Waals surface area contributed by atoms with Crippen molar-refractivity contribution in [2.75, 3.05) is 0 Å². The molecule has 1 aliphatic rings. The van der Waals surface area contributed by atoms with E-state index in [4.69, 9.17) is 11.5 Å². The average molecular weight is 371 g/mol. The molecule has 0 saturated carbocycles. The van der Waals surface area contributed by atoms with E-state index in [1.165, 1.54) is 12.1 Å². The highest BCUT2D eigenvalue weighted by Gasteiger charge is 2.31. The van der Waals surface area contributed by atoms with Crippen LogP contribution < -0.4 is 11.5 Å². The lowest BCUT2D eigenvalue weighted by Crippen LogP contribution is -2.22. The molecule has 0 saturated heterocycles. The molecule has 0 aliphatic heterocycles. The van der Waals surface area contributed by atoms with Gasteiger partial charge in [-0.1, -0.05) is 30.0 Å². The Bertz CT molecular complexity index is 974. The highest BCUT2D eigenvalue weighted by Crippen LogP contribution is 2.38. The lowest BCUT2D eigenvalue weighted by atomic mass is 10.1. The monoisotopic (exact) mass is 371 g/mol. The number of aromatic nitrogens is 1. The van der Waals surface area contributed by atoms with Crippen molar-refractivity contribution in [2.24, 2.45) is 21.7 Å². The third-order valence-electron chi connectivity index (χ3n) is 3.85. The number of nitrogens with zero attached hydrogens (tertiary/aromatic N) is 3. The molecule has 4 N–H and O–H groups in total. The van der Waals surface area contributed by atoms with Crippen molar-refractivity contribution in [1.29, 1.82) is 0 Å². The standard InChI is InChI=1S/C17H14FN5S2/c18-10-6-5-9-7-14(15(11(9)8-10)22-23-16(19)20)25-17-21-12-3-1-2-4-13(12)24-17/h1-6,8,14H,7H2,(H4,19,20,23)/b22-15+. The van der Waals surface area contributed by atoms with Gasteiger partial charge in [0.2, 0.25) is 5.96 Å². The molecule has 1 aromatic heterocycles.